The van der Waals surface area contributed by atoms with E-state index in [2.05, 4.69) is 18.4 Å². The maximum absolute atomic E-state index is 6.28. The van der Waals surface area contributed by atoms with Crippen molar-refractivity contribution < 1.29 is 4.74 Å². The summed E-state index contributed by atoms with van der Waals surface area (Å²) < 4.78 is 5.63. The van der Waals surface area contributed by atoms with Crippen molar-refractivity contribution in [3.63, 3.8) is 0 Å². The zero-order chi connectivity index (χ0) is 13.1. The van der Waals surface area contributed by atoms with Gasteiger partial charge in [0.15, 0.2) is 0 Å². The molecule has 0 saturated carbocycles. The second-order valence-corrected chi connectivity index (χ2v) is 5.63. The third-order valence-electron chi connectivity index (χ3n) is 2.80. The molecule has 3 heteroatoms. The van der Waals surface area contributed by atoms with Crippen molar-refractivity contribution in [1.29, 1.82) is 0 Å². The molecule has 0 fully saturated rings. The van der Waals surface area contributed by atoms with E-state index < -0.39 is 0 Å². The quantitative estimate of drug-likeness (QED) is 0.906. The van der Waals surface area contributed by atoms with Crippen LogP contribution < -0.4 is 10.5 Å². The van der Waals surface area contributed by atoms with Gasteiger partial charge < -0.3 is 10.5 Å². The SMILES string of the molecule is Cc1ccsc1C(N)c1ccc(OC(C)C)cc1. The van der Waals surface area contributed by atoms with Crippen molar-refractivity contribution in [1.82, 2.24) is 0 Å². The van der Waals surface area contributed by atoms with E-state index in [1.54, 1.807) is 11.3 Å². The van der Waals surface area contributed by atoms with E-state index in [0.717, 1.165) is 11.3 Å². The lowest BCUT2D eigenvalue weighted by Crippen LogP contribution is -2.11. The Morgan fingerprint density at radius 1 is 1.11 bits per heavy atom. The van der Waals surface area contributed by atoms with Gasteiger partial charge in [-0.15, -0.1) is 11.3 Å². The summed E-state index contributed by atoms with van der Waals surface area (Å²) in [7, 11) is 0. The van der Waals surface area contributed by atoms with Crippen LogP contribution in [0.1, 0.15) is 35.9 Å². The highest BCUT2D eigenvalue weighted by molar-refractivity contribution is 7.10. The van der Waals surface area contributed by atoms with Gasteiger partial charge in [0.1, 0.15) is 5.75 Å². The predicted molar refractivity (Wildman–Crippen MR) is 77.3 cm³/mol. The van der Waals surface area contributed by atoms with E-state index in [1.165, 1.54) is 10.4 Å². The molecule has 0 aliphatic heterocycles. The lowest BCUT2D eigenvalue weighted by molar-refractivity contribution is 0.242. The average molecular weight is 261 g/mol. The molecule has 2 nitrogen and oxygen atoms in total. The molecule has 1 heterocycles. The molecular formula is C15H19NOS. The van der Waals surface area contributed by atoms with Crippen molar-refractivity contribution in [2.24, 2.45) is 5.73 Å². The predicted octanol–water partition coefficient (Wildman–Crippen LogP) is 3.89. The van der Waals surface area contributed by atoms with Gasteiger partial charge in [-0.3, -0.25) is 0 Å². The third-order valence-corrected chi connectivity index (χ3v) is 3.90. The smallest absolute Gasteiger partial charge is 0.119 e. The van der Waals surface area contributed by atoms with Gasteiger partial charge in [-0.05, 0) is 55.5 Å². The van der Waals surface area contributed by atoms with Crippen molar-refractivity contribution in [3.05, 3.63) is 51.7 Å². The Kier molecular flexibility index (Phi) is 4.04. The number of rotatable bonds is 4. The van der Waals surface area contributed by atoms with Crippen LogP contribution in [-0.2, 0) is 0 Å². The molecule has 0 aliphatic carbocycles. The maximum atomic E-state index is 6.28. The summed E-state index contributed by atoms with van der Waals surface area (Å²) in [5.41, 5.74) is 8.66. The number of aryl methyl sites for hydroxylation is 1. The third kappa shape index (κ3) is 2.92. The van der Waals surface area contributed by atoms with Crippen molar-refractivity contribution in [2.45, 2.75) is 32.9 Å². The largest absolute Gasteiger partial charge is 0.491 e. The fraction of sp³-hybridized carbons (Fsp3) is 0.333. The summed E-state index contributed by atoms with van der Waals surface area (Å²) in [5, 5.41) is 2.08. The number of benzene rings is 1. The Hall–Kier alpha value is -1.32. The standard InChI is InChI=1S/C15H19NOS/c1-10(2)17-13-6-4-12(5-7-13)14(16)15-11(3)8-9-18-15/h4-10,14H,16H2,1-3H3. The molecule has 0 amide bonds. The Morgan fingerprint density at radius 3 is 2.28 bits per heavy atom. The van der Waals surface area contributed by atoms with Crippen LogP contribution in [0, 0.1) is 6.92 Å². The van der Waals surface area contributed by atoms with Crippen LogP contribution in [0.15, 0.2) is 35.7 Å². The summed E-state index contributed by atoms with van der Waals surface area (Å²) in [6, 6.07) is 10.1. The van der Waals surface area contributed by atoms with Gasteiger partial charge in [-0.25, -0.2) is 0 Å². The summed E-state index contributed by atoms with van der Waals surface area (Å²) in [5.74, 6) is 0.892. The summed E-state index contributed by atoms with van der Waals surface area (Å²) in [4.78, 5) is 1.23. The Balaban J connectivity index is 2.17. The number of ether oxygens (including phenoxy) is 1. The minimum atomic E-state index is -0.0434. The second kappa shape index (κ2) is 5.55. The summed E-state index contributed by atoms with van der Waals surface area (Å²) in [6.45, 7) is 6.14. The van der Waals surface area contributed by atoms with Crippen LogP contribution in [0.5, 0.6) is 5.75 Å². The highest BCUT2D eigenvalue weighted by atomic mass is 32.1. The number of nitrogens with two attached hydrogens (primary N) is 1. The zero-order valence-corrected chi connectivity index (χ0v) is 11.8. The molecular weight excluding hydrogens is 242 g/mol. The fourth-order valence-corrected chi connectivity index (χ4v) is 2.84. The van der Waals surface area contributed by atoms with Crippen LogP contribution in [0.2, 0.25) is 0 Å². The molecule has 0 bridgehead atoms. The molecule has 0 aliphatic rings. The van der Waals surface area contributed by atoms with Gasteiger partial charge >= 0.3 is 0 Å². The lowest BCUT2D eigenvalue weighted by Gasteiger charge is -2.14. The molecule has 0 radical (unpaired) electrons. The summed E-state index contributed by atoms with van der Waals surface area (Å²) in [6.07, 6.45) is 0.198. The normalized spacial score (nSPS) is 12.7. The van der Waals surface area contributed by atoms with Gasteiger partial charge in [0, 0.05) is 4.88 Å². The highest BCUT2D eigenvalue weighted by Crippen LogP contribution is 2.28. The van der Waals surface area contributed by atoms with E-state index >= 15 is 0 Å². The first-order valence-electron chi connectivity index (χ1n) is 6.14. The highest BCUT2D eigenvalue weighted by Gasteiger charge is 2.12. The topological polar surface area (TPSA) is 35.2 Å². The number of hydrogen-bond acceptors (Lipinski definition) is 3. The van der Waals surface area contributed by atoms with E-state index in [-0.39, 0.29) is 12.1 Å². The first kappa shape index (κ1) is 13.1. The molecule has 0 spiro atoms. The van der Waals surface area contributed by atoms with Crippen LogP contribution in [0.3, 0.4) is 0 Å². The Labute approximate surface area is 112 Å². The van der Waals surface area contributed by atoms with E-state index in [9.17, 15) is 0 Å². The maximum Gasteiger partial charge on any atom is 0.119 e. The fourth-order valence-electron chi connectivity index (χ4n) is 1.88. The first-order valence-corrected chi connectivity index (χ1v) is 7.02. The molecule has 2 rings (SSSR count). The van der Waals surface area contributed by atoms with Crippen LogP contribution in [0.4, 0.5) is 0 Å². The average Bonchev–Trinajstić information content (AvgIpc) is 2.75. The Bertz CT molecular complexity index is 501. The first-order chi connectivity index (χ1) is 8.58. The van der Waals surface area contributed by atoms with Crippen molar-refractivity contribution in [2.75, 3.05) is 0 Å². The van der Waals surface area contributed by atoms with Crippen molar-refractivity contribution in [3.8, 4) is 5.75 Å². The monoisotopic (exact) mass is 261 g/mol. The van der Waals surface area contributed by atoms with Gasteiger partial charge in [0.2, 0.25) is 0 Å². The molecule has 1 unspecified atom stereocenters. The van der Waals surface area contributed by atoms with Gasteiger partial charge in [0.05, 0.1) is 12.1 Å². The lowest BCUT2D eigenvalue weighted by atomic mass is 10.0. The molecule has 1 aromatic carbocycles. The summed E-state index contributed by atoms with van der Waals surface area (Å²) >= 11 is 1.71. The van der Waals surface area contributed by atoms with Gasteiger partial charge in [0.25, 0.3) is 0 Å². The minimum absolute atomic E-state index is 0.0434. The van der Waals surface area contributed by atoms with Crippen LogP contribution in [0.25, 0.3) is 0 Å². The Morgan fingerprint density at radius 2 is 1.78 bits per heavy atom. The molecule has 2 N–H and O–H groups in total. The second-order valence-electron chi connectivity index (χ2n) is 4.68. The van der Waals surface area contributed by atoms with E-state index in [1.807, 2.05) is 38.1 Å². The van der Waals surface area contributed by atoms with Crippen molar-refractivity contribution >= 4 is 11.3 Å². The van der Waals surface area contributed by atoms with Crippen LogP contribution in [-0.4, -0.2) is 6.10 Å². The molecule has 0 saturated heterocycles. The minimum Gasteiger partial charge on any atom is -0.491 e. The van der Waals surface area contributed by atoms with Gasteiger partial charge in [-0.2, -0.15) is 0 Å². The molecule has 18 heavy (non-hydrogen) atoms. The van der Waals surface area contributed by atoms with E-state index in [0.29, 0.717) is 0 Å². The molecule has 1 aromatic heterocycles. The molecule has 96 valence electrons. The number of hydrogen-bond donors (Lipinski definition) is 1. The van der Waals surface area contributed by atoms with E-state index in [4.69, 9.17) is 10.5 Å². The van der Waals surface area contributed by atoms with Crippen LogP contribution >= 0.6 is 11.3 Å². The zero-order valence-electron chi connectivity index (χ0n) is 11.0. The van der Waals surface area contributed by atoms with Gasteiger partial charge in [-0.1, -0.05) is 12.1 Å². The number of thiophene rings is 1. The molecule has 1 atom stereocenters. The molecule has 2 aromatic rings.